The number of Topliss-reactive ketones (excluding diaryl/α,β-unsaturated/α-hetero) is 1. The zero-order chi connectivity index (χ0) is 13.1. The topological polar surface area (TPSA) is 51.1 Å². The fraction of sp³-hybridized carbons (Fsp3) is 0.286. The quantitative estimate of drug-likeness (QED) is 0.898. The van der Waals surface area contributed by atoms with E-state index in [0.717, 1.165) is 16.6 Å². The molecule has 0 bridgehead atoms. The first-order valence-corrected chi connectivity index (χ1v) is 5.91. The van der Waals surface area contributed by atoms with Crippen molar-refractivity contribution in [1.82, 2.24) is 4.57 Å². The standard InChI is InChI=1S/C14H16N2O2/c1-10(17)7-8-14(18)15-12-9-16(2)13-6-4-3-5-11(12)13/h3-6,9H,7-8H2,1-2H3,(H,15,18). The van der Waals surface area contributed by atoms with Crippen LogP contribution in [-0.2, 0) is 16.6 Å². The van der Waals surface area contributed by atoms with Crippen molar-refractivity contribution >= 4 is 28.3 Å². The minimum absolute atomic E-state index is 0.0306. The van der Waals surface area contributed by atoms with E-state index in [4.69, 9.17) is 0 Å². The summed E-state index contributed by atoms with van der Waals surface area (Å²) in [4.78, 5) is 22.5. The second-order valence-electron chi connectivity index (χ2n) is 4.42. The number of para-hydroxylation sites is 1. The predicted molar refractivity (Wildman–Crippen MR) is 71.5 cm³/mol. The van der Waals surface area contributed by atoms with Crippen LogP contribution in [0.25, 0.3) is 10.9 Å². The van der Waals surface area contributed by atoms with Gasteiger partial charge in [-0.1, -0.05) is 18.2 Å². The van der Waals surface area contributed by atoms with Crippen molar-refractivity contribution in [3.8, 4) is 0 Å². The van der Waals surface area contributed by atoms with Gasteiger partial charge in [0.25, 0.3) is 0 Å². The number of rotatable bonds is 4. The van der Waals surface area contributed by atoms with Crippen molar-refractivity contribution in [2.24, 2.45) is 7.05 Å². The molecule has 1 amide bonds. The molecular weight excluding hydrogens is 228 g/mol. The average molecular weight is 244 g/mol. The normalized spacial score (nSPS) is 10.6. The molecule has 1 aromatic carbocycles. The number of carbonyl (C=O) groups excluding carboxylic acids is 2. The summed E-state index contributed by atoms with van der Waals surface area (Å²) in [6.45, 7) is 1.49. The van der Waals surface area contributed by atoms with Crippen LogP contribution in [-0.4, -0.2) is 16.3 Å². The SMILES string of the molecule is CC(=O)CCC(=O)Nc1cn(C)c2ccccc12. The number of benzene rings is 1. The number of fused-ring (bicyclic) bond motifs is 1. The molecule has 0 aliphatic heterocycles. The van der Waals surface area contributed by atoms with Gasteiger partial charge in [0.2, 0.25) is 5.91 Å². The fourth-order valence-corrected chi connectivity index (χ4v) is 1.94. The number of carbonyl (C=O) groups is 2. The summed E-state index contributed by atoms with van der Waals surface area (Å²) in [6, 6.07) is 7.87. The van der Waals surface area contributed by atoms with Gasteiger partial charge in [0, 0.05) is 37.0 Å². The van der Waals surface area contributed by atoms with Gasteiger partial charge in [-0.15, -0.1) is 0 Å². The van der Waals surface area contributed by atoms with Gasteiger partial charge in [0.05, 0.1) is 5.69 Å². The largest absolute Gasteiger partial charge is 0.348 e. The molecule has 1 N–H and O–H groups in total. The molecule has 2 rings (SSSR count). The van der Waals surface area contributed by atoms with Crippen LogP contribution in [0.5, 0.6) is 0 Å². The first-order chi connectivity index (χ1) is 8.58. The first-order valence-electron chi connectivity index (χ1n) is 5.91. The van der Waals surface area contributed by atoms with Gasteiger partial charge < -0.3 is 14.7 Å². The number of nitrogens with one attached hydrogen (secondary N) is 1. The Hall–Kier alpha value is -2.10. The van der Waals surface area contributed by atoms with Gasteiger partial charge in [-0.2, -0.15) is 0 Å². The Kier molecular flexibility index (Phi) is 3.46. The Morgan fingerprint density at radius 3 is 2.67 bits per heavy atom. The van der Waals surface area contributed by atoms with Crippen LogP contribution in [0.3, 0.4) is 0 Å². The highest BCUT2D eigenvalue weighted by atomic mass is 16.2. The minimum atomic E-state index is -0.124. The van der Waals surface area contributed by atoms with Crippen LogP contribution in [0.1, 0.15) is 19.8 Å². The van der Waals surface area contributed by atoms with E-state index in [0.29, 0.717) is 0 Å². The molecule has 0 fully saturated rings. The van der Waals surface area contributed by atoms with E-state index >= 15 is 0 Å². The number of aryl methyl sites for hydroxylation is 1. The molecule has 4 heteroatoms. The summed E-state index contributed by atoms with van der Waals surface area (Å²) in [6.07, 6.45) is 2.41. The summed E-state index contributed by atoms with van der Waals surface area (Å²) >= 11 is 0. The van der Waals surface area contributed by atoms with E-state index in [1.807, 2.05) is 42.1 Å². The lowest BCUT2D eigenvalue weighted by atomic mass is 10.2. The molecule has 0 saturated carbocycles. The zero-order valence-corrected chi connectivity index (χ0v) is 10.6. The third kappa shape index (κ3) is 2.59. The van der Waals surface area contributed by atoms with E-state index in [-0.39, 0.29) is 24.5 Å². The third-order valence-electron chi connectivity index (χ3n) is 2.88. The lowest BCUT2D eigenvalue weighted by molar-refractivity contribution is -0.121. The molecule has 0 atom stereocenters. The number of hydrogen-bond donors (Lipinski definition) is 1. The van der Waals surface area contributed by atoms with Crippen LogP contribution in [0, 0.1) is 0 Å². The number of anilines is 1. The predicted octanol–water partition coefficient (Wildman–Crippen LogP) is 2.49. The molecule has 94 valence electrons. The monoisotopic (exact) mass is 244 g/mol. The number of hydrogen-bond acceptors (Lipinski definition) is 2. The zero-order valence-electron chi connectivity index (χ0n) is 10.6. The molecule has 1 aromatic heterocycles. The van der Waals surface area contributed by atoms with Crippen molar-refractivity contribution in [3.05, 3.63) is 30.5 Å². The lowest BCUT2D eigenvalue weighted by Gasteiger charge is -2.02. The molecule has 2 aromatic rings. The molecule has 0 saturated heterocycles. The maximum absolute atomic E-state index is 11.7. The van der Waals surface area contributed by atoms with E-state index < -0.39 is 0 Å². The van der Waals surface area contributed by atoms with Crippen molar-refractivity contribution < 1.29 is 9.59 Å². The molecule has 0 aliphatic carbocycles. The Bertz CT molecular complexity index is 599. The maximum Gasteiger partial charge on any atom is 0.224 e. The molecule has 0 unspecified atom stereocenters. The van der Waals surface area contributed by atoms with Crippen LogP contribution < -0.4 is 5.32 Å². The first kappa shape index (κ1) is 12.4. The van der Waals surface area contributed by atoms with Gasteiger partial charge in [-0.25, -0.2) is 0 Å². The molecule has 0 spiro atoms. The Balaban J connectivity index is 2.17. The van der Waals surface area contributed by atoms with Gasteiger partial charge >= 0.3 is 0 Å². The Morgan fingerprint density at radius 2 is 1.94 bits per heavy atom. The number of ketones is 1. The van der Waals surface area contributed by atoms with Crippen LogP contribution in [0.2, 0.25) is 0 Å². The number of nitrogens with zero attached hydrogens (tertiary/aromatic N) is 1. The summed E-state index contributed by atoms with van der Waals surface area (Å²) in [7, 11) is 1.94. The number of amides is 1. The smallest absolute Gasteiger partial charge is 0.224 e. The van der Waals surface area contributed by atoms with E-state index in [1.54, 1.807) is 0 Å². The average Bonchev–Trinajstić information content (AvgIpc) is 2.65. The van der Waals surface area contributed by atoms with Crippen molar-refractivity contribution in [2.75, 3.05) is 5.32 Å². The van der Waals surface area contributed by atoms with Crippen LogP contribution in [0.15, 0.2) is 30.5 Å². The summed E-state index contributed by atoms with van der Waals surface area (Å²) in [5.74, 6) is -0.0929. The van der Waals surface area contributed by atoms with Crippen LogP contribution in [0.4, 0.5) is 5.69 Å². The highest BCUT2D eigenvalue weighted by Crippen LogP contribution is 2.24. The van der Waals surface area contributed by atoms with Gasteiger partial charge in [0.1, 0.15) is 5.78 Å². The van der Waals surface area contributed by atoms with E-state index in [9.17, 15) is 9.59 Å². The van der Waals surface area contributed by atoms with Crippen LogP contribution >= 0.6 is 0 Å². The molecule has 0 radical (unpaired) electrons. The van der Waals surface area contributed by atoms with Gasteiger partial charge in [0.15, 0.2) is 0 Å². The van der Waals surface area contributed by atoms with Gasteiger partial charge in [-0.05, 0) is 13.0 Å². The fourth-order valence-electron chi connectivity index (χ4n) is 1.94. The molecule has 4 nitrogen and oxygen atoms in total. The minimum Gasteiger partial charge on any atom is -0.348 e. The summed E-state index contributed by atoms with van der Waals surface area (Å²) < 4.78 is 1.97. The Morgan fingerprint density at radius 1 is 1.22 bits per heavy atom. The summed E-state index contributed by atoms with van der Waals surface area (Å²) in [5, 5.41) is 3.86. The lowest BCUT2D eigenvalue weighted by Crippen LogP contribution is -2.12. The molecule has 18 heavy (non-hydrogen) atoms. The van der Waals surface area contributed by atoms with Crippen molar-refractivity contribution in [2.45, 2.75) is 19.8 Å². The van der Waals surface area contributed by atoms with Gasteiger partial charge in [-0.3, -0.25) is 4.79 Å². The highest BCUT2D eigenvalue weighted by Gasteiger charge is 2.09. The second kappa shape index (κ2) is 5.04. The molecule has 1 heterocycles. The Labute approximate surface area is 106 Å². The number of aromatic nitrogens is 1. The van der Waals surface area contributed by atoms with Crippen molar-refractivity contribution in [3.63, 3.8) is 0 Å². The maximum atomic E-state index is 11.7. The van der Waals surface area contributed by atoms with Crippen molar-refractivity contribution in [1.29, 1.82) is 0 Å². The van der Waals surface area contributed by atoms with E-state index in [2.05, 4.69) is 5.32 Å². The second-order valence-corrected chi connectivity index (χ2v) is 4.42. The van der Waals surface area contributed by atoms with E-state index in [1.165, 1.54) is 6.92 Å². The third-order valence-corrected chi connectivity index (χ3v) is 2.88. The summed E-state index contributed by atoms with van der Waals surface area (Å²) in [5.41, 5.74) is 1.86. The molecular formula is C14H16N2O2. The molecule has 0 aliphatic rings. The highest BCUT2D eigenvalue weighted by molar-refractivity contribution is 6.02.